The van der Waals surface area contributed by atoms with E-state index < -0.39 is 0 Å². The van der Waals surface area contributed by atoms with Crippen LogP contribution < -0.4 is 4.74 Å². The van der Waals surface area contributed by atoms with E-state index in [2.05, 4.69) is 15.0 Å². The number of hydrogen-bond acceptors (Lipinski definition) is 5. The van der Waals surface area contributed by atoms with E-state index in [0.717, 1.165) is 17.5 Å². The zero-order valence-corrected chi connectivity index (χ0v) is 13.0. The van der Waals surface area contributed by atoms with Gasteiger partial charge in [0.15, 0.2) is 0 Å². The molecule has 0 spiro atoms. The van der Waals surface area contributed by atoms with E-state index in [1.165, 1.54) is 0 Å². The monoisotopic (exact) mass is 320 g/mol. The Labute approximate surface area is 139 Å². The van der Waals surface area contributed by atoms with Crippen LogP contribution in [0.2, 0.25) is 0 Å². The summed E-state index contributed by atoms with van der Waals surface area (Å²) in [6.07, 6.45) is 3.95. The van der Waals surface area contributed by atoms with Crippen molar-refractivity contribution in [3.05, 3.63) is 60.6 Å². The third kappa shape index (κ3) is 2.90. The third-order valence-electron chi connectivity index (χ3n) is 4.03. The molecule has 2 aromatic heterocycles. The second-order valence-electron chi connectivity index (χ2n) is 5.69. The molecule has 1 aliphatic heterocycles. The second kappa shape index (κ2) is 6.23. The van der Waals surface area contributed by atoms with Crippen LogP contribution in [0.3, 0.4) is 0 Å². The van der Waals surface area contributed by atoms with Gasteiger partial charge in [-0.05, 0) is 24.3 Å². The highest BCUT2D eigenvalue weighted by molar-refractivity contribution is 5.92. The van der Waals surface area contributed by atoms with Crippen molar-refractivity contribution in [3.63, 3.8) is 0 Å². The molecular weight excluding hydrogens is 304 g/mol. The summed E-state index contributed by atoms with van der Waals surface area (Å²) in [7, 11) is 0. The molecule has 1 fully saturated rings. The largest absolute Gasteiger partial charge is 0.471 e. The maximum atomic E-state index is 12.4. The first-order chi connectivity index (χ1) is 11.8. The van der Waals surface area contributed by atoms with E-state index in [4.69, 9.17) is 4.74 Å². The highest BCUT2D eigenvalue weighted by Gasteiger charge is 2.29. The summed E-state index contributed by atoms with van der Waals surface area (Å²) in [5, 5.41) is 0. The molecule has 0 aliphatic carbocycles. The Morgan fingerprint density at radius 1 is 1.08 bits per heavy atom. The fourth-order valence-electron chi connectivity index (χ4n) is 2.83. The van der Waals surface area contributed by atoms with Crippen LogP contribution in [0.15, 0.2) is 54.9 Å². The molecule has 0 saturated carbocycles. The lowest BCUT2D eigenvalue weighted by Crippen LogP contribution is -2.31. The van der Waals surface area contributed by atoms with Gasteiger partial charge in [0.05, 0.1) is 23.8 Å². The van der Waals surface area contributed by atoms with Gasteiger partial charge in [0.1, 0.15) is 11.8 Å². The van der Waals surface area contributed by atoms with Gasteiger partial charge in [0.2, 0.25) is 5.88 Å². The lowest BCUT2D eigenvalue weighted by atomic mass is 10.3. The Bertz CT molecular complexity index is 869. The van der Waals surface area contributed by atoms with Crippen molar-refractivity contribution in [2.45, 2.75) is 12.5 Å². The van der Waals surface area contributed by atoms with Crippen molar-refractivity contribution in [1.29, 1.82) is 0 Å². The molecular formula is C18H16N4O2. The van der Waals surface area contributed by atoms with Crippen LogP contribution in [-0.4, -0.2) is 45.0 Å². The molecule has 24 heavy (non-hydrogen) atoms. The summed E-state index contributed by atoms with van der Waals surface area (Å²) in [4.78, 5) is 27.1. The average Bonchev–Trinajstić information content (AvgIpc) is 3.10. The number of nitrogens with zero attached hydrogens (tertiary/aromatic N) is 4. The first-order valence-electron chi connectivity index (χ1n) is 7.88. The van der Waals surface area contributed by atoms with Crippen LogP contribution in [0.1, 0.15) is 16.9 Å². The number of hydrogen-bond donors (Lipinski definition) is 0. The lowest BCUT2D eigenvalue weighted by molar-refractivity contribution is 0.0765. The van der Waals surface area contributed by atoms with Gasteiger partial charge in [0, 0.05) is 19.2 Å². The van der Waals surface area contributed by atoms with E-state index in [0.29, 0.717) is 24.7 Å². The number of rotatable bonds is 3. The van der Waals surface area contributed by atoms with Gasteiger partial charge < -0.3 is 9.64 Å². The number of carbonyl (C=O) groups is 1. The van der Waals surface area contributed by atoms with Crippen molar-refractivity contribution in [2.75, 3.05) is 13.1 Å². The Balaban J connectivity index is 1.44. The number of fused-ring (bicyclic) bond motifs is 1. The van der Waals surface area contributed by atoms with Gasteiger partial charge in [-0.2, -0.15) is 0 Å². The summed E-state index contributed by atoms with van der Waals surface area (Å²) < 4.78 is 5.91. The molecule has 1 atom stereocenters. The van der Waals surface area contributed by atoms with E-state index in [1.807, 2.05) is 30.3 Å². The van der Waals surface area contributed by atoms with Gasteiger partial charge in [-0.1, -0.05) is 18.2 Å². The number of para-hydroxylation sites is 2. The topological polar surface area (TPSA) is 68.2 Å². The van der Waals surface area contributed by atoms with E-state index in [1.54, 1.807) is 29.4 Å². The van der Waals surface area contributed by atoms with Crippen LogP contribution in [0.5, 0.6) is 5.88 Å². The molecule has 3 heterocycles. The maximum Gasteiger partial charge on any atom is 0.272 e. The Morgan fingerprint density at radius 3 is 2.75 bits per heavy atom. The van der Waals surface area contributed by atoms with Crippen molar-refractivity contribution in [3.8, 4) is 5.88 Å². The van der Waals surface area contributed by atoms with Crippen molar-refractivity contribution in [2.24, 2.45) is 0 Å². The fourth-order valence-corrected chi connectivity index (χ4v) is 2.83. The molecule has 120 valence electrons. The van der Waals surface area contributed by atoms with Crippen molar-refractivity contribution in [1.82, 2.24) is 19.9 Å². The quantitative estimate of drug-likeness (QED) is 0.741. The lowest BCUT2D eigenvalue weighted by Gasteiger charge is -2.16. The molecule has 3 aromatic rings. The standard InChI is InChI=1S/C18H16N4O2/c23-18(16-7-3-4-9-19-16)22-10-8-13(12-22)24-17-11-20-14-5-1-2-6-15(14)21-17/h1-7,9,11,13H,8,10,12H2. The third-order valence-corrected chi connectivity index (χ3v) is 4.03. The highest BCUT2D eigenvalue weighted by atomic mass is 16.5. The number of carbonyl (C=O) groups excluding carboxylic acids is 1. The Hall–Kier alpha value is -3.02. The van der Waals surface area contributed by atoms with Crippen LogP contribution in [0.25, 0.3) is 11.0 Å². The Morgan fingerprint density at radius 2 is 1.92 bits per heavy atom. The minimum Gasteiger partial charge on any atom is -0.471 e. The van der Waals surface area contributed by atoms with Crippen LogP contribution in [0, 0.1) is 0 Å². The summed E-state index contributed by atoms with van der Waals surface area (Å²) in [6, 6.07) is 13.0. The van der Waals surface area contributed by atoms with E-state index in [9.17, 15) is 4.79 Å². The molecule has 6 nitrogen and oxygen atoms in total. The first kappa shape index (κ1) is 14.6. The van der Waals surface area contributed by atoms with E-state index in [-0.39, 0.29) is 12.0 Å². The SMILES string of the molecule is O=C(c1ccccn1)N1CCC(Oc2cnc3ccccc3n2)C1. The van der Waals surface area contributed by atoms with Gasteiger partial charge >= 0.3 is 0 Å². The predicted molar refractivity (Wildman–Crippen MR) is 88.7 cm³/mol. The van der Waals surface area contributed by atoms with Crippen molar-refractivity contribution >= 4 is 16.9 Å². The molecule has 0 N–H and O–H groups in total. The van der Waals surface area contributed by atoms with Gasteiger partial charge in [-0.15, -0.1) is 0 Å². The molecule has 1 aliphatic rings. The number of pyridine rings is 1. The zero-order chi connectivity index (χ0) is 16.4. The molecule has 1 amide bonds. The fraction of sp³-hybridized carbons (Fsp3) is 0.222. The minimum absolute atomic E-state index is 0.0636. The van der Waals surface area contributed by atoms with Gasteiger partial charge in [-0.25, -0.2) is 9.97 Å². The summed E-state index contributed by atoms with van der Waals surface area (Å²) in [5.74, 6) is 0.428. The minimum atomic E-state index is -0.0758. The number of amides is 1. The first-order valence-corrected chi connectivity index (χ1v) is 7.88. The molecule has 6 heteroatoms. The zero-order valence-electron chi connectivity index (χ0n) is 13.0. The van der Waals surface area contributed by atoms with Crippen LogP contribution in [0.4, 0.5) is 0 Å². The van der Waals surface area contributed by atoms with Gasteiger partial charge in [-0.3, -0.25) is 9.78 Å². The normalized spacial score (nSPS) is 17.2. The maximum absolute atomic E-state index is 12.4. The summed E-state index contributed by atoms with van der Waals surface area (Å²) in [5.41, 5.74) is 2.10. The molecule has 1 saturated heterocycles. The number of likely N-dealkylation sites (tertiary alicyclic amines) is 1. The number of benzene rings is 1. The molecule has 0 bridgehead atoms. The van der Waals surface area contributed by atoms with Crippen LogP contribution >= 0.6 is 0 Å². The molecule has 0 radical (unpaired) electrons. The number of aromatic nitrogens is 3. The van der Waals surface area contributed by atoms with Crippen molar-refractivity contribution < 1.29 is 9.53 Å². The van der Waals surface area contributed by atoms with Gasteiger partial charge in [0.25, 0.3) is 5.91 Å². The molecule has 1 unspecified atom stereocenters. The average molecular weight is 320 g/mol. The summed E-state index contributed by atoms with van der Waals surface area (Å²) >= 11 is 0. The molecule has 1 aromatic carbocycles. The Kier molecular flexibility index (Phi) is 3.78. The predicted octanol–water partition coefficient (Wildman–Crippen LogP) is 2.32. The molecule has 4 rings (SSSR count). The summed E-state index contributed by atoms with van der Waals surface area (Å²) in [6.45, 7) is 1.19. The second-order valence-corrected chi connectivity index (χ2v) is 5.69. The van der Waals surface area contributed by atoms with Crippen LogP contribution in [-0.2, 0) is 0 Å². The highest BCUT2D eigenvalue weighted by Crippen LogP contribution is 2.19. The van der Waals surface area contributed by atoms with E-state index >= 15 is 0 Å². The number of ether oxygens (including phenoxy) is 1. The smallest absolute Gasteiger partial charge is 0.272 e.